The molecule has 5 heteroatoms. The Morgan fingerprint density at radius 2 is 2.12 bits per heavy atom. The number of hydrogen-bond donors (Lipinski definition) is 1. The molecule has 1 N–H and O–H groups in total. The Morgan fingerprint density at radius 3 is 2.92 bits per heavy atom. The van der Waals surface area contributed by atoms with Crippen molar-refractivity contribution in [2.45, 2.75) is 45.6 Å². The SMILES string of the molecule is CCCn1nccc1C1=C(COc2cccc(O)c2C=O)CCCC1. The fourth-order valence-electron chi connectivity index (χ4n) is 3.36. The molecule has 1 aromatic heterocycles. The molecule has 3 rings (SSSR count). The second-order valence-corrected chi connectivity index (χ2v) is 6.32. The summed E-state index contributed by atoms with van der Waals surface area (Å²) >= 11 is 0. The summed E-state index contributed by atoms with van der Waals surface area (Å²) in [6, 6.07) is 6.96. The predicted octanol–water partition coefficient (Wildman–Crippen LogP) is 4.22. The molecule has 1 heterocycles. The number of carbonyl (C=O) groups is 1. The molecule has 0 saturated carbocycles. The van der Waals surface area contributed by atoms with E-state index in [4.69, 9.17) is 4.74 Å². The summed E-state index contributed by atoms with van der Waals surface area (Å²) in [4.78, 5) is 11.2. The third-order valence-corrected chi connectivity index (χ3v) is 4.61. The summed E-state index contributed by atoms with van der Waals surface area (Å²) < 4.78 is 7.96. The van der Waals surface area contributed by atoms with Gasteiger partial charge in [0.15, 0.2) is 6.29 Å². The lowest BCUT2D eigenvalue weighted by Gasteiger charge is -2.22. The number of aldehydes is 1. The summed E-state index contributed by atoms with van der Waals surface area (Å²) in [7, 11) is 0. The maximum absolute atomic E-state index is 11.2. The minimum Gasteiger partial charge on any atom is -0.507 e. The summed E-state index contributed by atoms with van der Waals surface area (Å²) in [5.41, 5.74) is 3.94. The van der Waals surface area contributed by atoms with E-state index in [9.17, 15) is 9.90 Å². The van der Waals surface area contributed by atoms with Crippen molar-refractivity contribution in [3.05, 3.63) is 47.3 Å². The van der Waals surface area contributed by atoms with Crippen LogP contribution in [0.25, 0.3) is 5.57 Å². The van der Waals surface area contributed by atoms with Gasteiger partial charge in [0, 0.05) is 12.7 Å². The maximum atomic E-state index is 11.2. The smallest absolute Gasteiger partial charge is 0.157 e. The third-order valence-electron chi connectivity index (χ3n) is 4.61. The lowest BCUT2D eigenvalue weighted by molar-refractivity contribution is 0.111. The molecule has 0 amide bonds. The van der Waals surface area contributed by atoms with E-state index in [-0.39, 0.29) is 11.3 Å². The Kier molecular flexibility index (Phi) is 5.53. The van der Waals surface area contributed by atoms with Crippen LogP contribution >= 0.6 is 0 Å². The number of rotatable bonds is 7. The minimum atomic E-state index is -0.0497. The molecule has 0 atom stereocenters. The van der Waals surface area contributed by atoms with Gasteiger partial charge in [0.05, 0.1) is 11.3 Å². The standard InChI is InChI=1S/C20H24N2O3/c1-2-12-22-18(10-11-21-22)16-7-4-3-6-15(16)14-25-20-9-5-8-19(24)17(20)13-23/h5,8-11,13,24H,2-4,6-7,12,14H2,1H3. The zero-order chi connectivity index (χ0) is 17.6. The Bertz CT molecular complexity index is 777. The molecule has 25 heavy (non-hydrogen) atoms. The summed E-state index contributed by atoms with van der Waals surface area (Å²) in [5, 5.41) is 14.2. The van der Waals surface area contributed by atoms with E-state index in [1.54, 1.807) is 12.1 Å². The van der Waals surface area contributed by atoms with Crippen molar-refractivity contribution in [1.29, 1.82) is 0 Å². The lowest BCUT2D eigenvalue weighted by atomic mass is 9.90. The number of hydrogen-bond acceptors (Lipinski definition) is 4. The van der Waals surface area contributed by atoms with Gasteiger partial charge in [-0.25, -0.2) is 0 Å². The minimum absolute atomic E-state index is 0.0497. The molecule has 1 aliphatic carbocycles. The van der Waals surface area contributed by atoms with Gasteiger partial charge in [-0.15, -0.1) is 0 Å². The Morgan fingerprint density at radius 1 is 1.28 bits per heavy atom. The normalized spacial score (nSPS) is 14.6. The number of aryl methyl sites for hydroxylation is 1. The van der Waals surface area contributed by atoms with E-state index in [2.05, 4.69) is 22.8 Å². The van der Waals surface area contributed by atoms with E-state index in [0.29, 0.717) is 18.6 Å². The quantitative estimate of drug-likeness (QED) is 0.767. The first-order valence-electron chi connectivity index (χ1n) is 8.87. The third kappa shape index (κ3) is 3.76. The molecule has 5 nitrogen and oxygen atoms in total. The van der Waals surface area contributed by atoms with Gasteiger partial charge in [0.2, 0.25) is 0 Å². The molecular weight excluding hydrogens is 316 g/mol. The van der Waals surface area contributed by atoms with Crippen LogP contribution in [-0.4, -0.2) is 27.8 Å². The number of aromatic hydroxyl groups is 1. The highest BCUT2D eigenvalue weighted by molar-refractivity contribution is 5.83. The van der Waals surface area contributed by atoms with Crippen molar-refractivity contribution in [3.63, 3.8) is 0 Å². The number of aromatic nitrogens is 2. The van der Waals surface area contributed by atoms with E-state index < -0.39 is 0 Å². The predicted molar refractivity (Wildman–Crippen MR) is 96.9 cm³/mol. The average molecular weight is 340 g/mol. The van der Waals surface area contributed by atoms with Crippen molar-refractivity contribution < 1.29 is 14.6 Å². The molecule has 1 aromatic carbocycles. The van der Waals surface area contributed by atoms with Crippen molar-refractivity contribution >= 4 is 11.9 Å². The average Bonchev–Trinajstić information content (AvgIpc) is 3.08. The molecule has 2 aromatic rings. The van der Waals surface area contributed by atoms with Crippen molar-refractivity contribution in [2.75, 3.05) is 6.61 Å². The molecule has 0 unspecified atom stereocenters. The van der Waals surface area contributed by atoms with E-state index in [1.165, 1.54) is 29.3 Å². The molecule has 0 fully saturated rings. The van der Waals surface area contributed by atoms with Crippen LogP contribution in [0.1, 0.15) is 55.1 Å². The number of ether oxygens (including phenoxy) is 1. The van der Waals surface area contributed by atoms with Crippen LogP contribution in [0.5, 0.6) is 11.5 Å². The highest BCUT2D eigenvalue weighted by Crippen LogP contribution is 2.33. The monoisotopic (exact) mass is 340 g/mol. The van der Waals surface area contributed by atoms with E-state index in [0.717, 1.165) is 32.2 Å². The molecule has 132 valence electrons. The topological polar surface area (TPSA) is 64.3 Å². The fraction of sp³-hybridized carbons (Fsp3) is 0.400. The van der Waals surface area contributed by atoms with Crippen molar-refractivity contribution in [3.8, 4) is 11.5 Å². The van der Waals surface area contributed by atoms with Gasteiger partial charge in [0.25, 0.3) is 0 Å². The lowest BCUT2D eigenvalue weighted by Crippen LogP contribution is -2.12. The highest BCUT2D eigenvalue weighted by atomic mass is 16.5. The molecule has 0 spiro atoms. The maximum Gasteiger partial charge on any atom is 0.157 e. The molecule has 0 radical (unpaired) electrons. The highest BCUT2D eigenvalue weighted by Gasteiger charge is 2.18. The largest absolute Gasteiger partial charge is 0.507 e. The Hall–Kier alpha value is -2.56. The van der Waals surface area contributed by atoms with Gasteiger partial charge in [-0.3, -0.25) is 9.48 Å². The van der Waals surface area contributed by atoms with Crippen LogP contribution in [0.2, 0.25) is 0 Å². The molecule has 0 saturated heterocycles. The molecule has 0 bridgehead atoms. The number of carbonyl (C=O) groups excluding carboxylic acids is 1. The second kappa shape index (κ2) is 8.01. The zero-order valence-corrected chi connectivity index (χ0v) is 14.6. The molecular formula is C20H24N2O3. The van der Waals surface area contributed by atoms with Crippen molar-refractivity contribution in [1.82, 2.24) is 9.78 Å². The zero-order valence-electron chi connectivity index (χ0n) is 14.6. The summed E-state index contributed by atoms with van der Waals surface area (Å²) in [5.74, 6) is 0.376. The van der Waals surface area contributed by atoms with Gasteiger partial charge >= 0.3 is 0 Å². The number of phenolic OH excluding ortho intramolecular Hbond substituents is 1. The van der Waals surface area contributed by atoms with Gasteiger partial charge in [-0.1, -0.05) is 13.0 Å². The van der Waals surface area contributed by atoms with Crippen LogP contribution in [0.3, 0.4) is 0 Å². The molecule has 1 aliphatic rings. The Labute approximate surface area is 147 Å². The molecule has 0 aliphatic heterocycles. The van der Waals surface area contributed by atoms with E-state index in [1.807, 2.05) is 6.20 Å². The van der Waals surface area contributed by atoms with Crippen LogP contribution in [0.15, 0.2) is 36.0 Å². The first-order valence-corrected chi connectivity index (χ1v) is 8.87. The summed E-state index contributed by atoms with van der Waals surface area (Å²) in [6.45, 7) is 3.48. The first-order chi connectivity index (χ1) is 12.2. The van der Waals surface area contributed by atoms with Crippen LogP contribution in [0, 0.1) is 0 Å². The van der Waals surface area contributed by atoms with E-state index >= 15 is 0 Å². The Balaban J connectivity index is 1.86. The van der Waals surface area contributed by atoms with Crippen LogP contribution in [-0.2, 0) is 6.54 Å². The first kappa shape index (κ1) is 17.3. The second-order valence-electron chi connectivity index (χ2n) is 6.32. The number of allylic oxidation sites excluding steroid dienone is 1. The number of benzene rings is 1. The van der Waals surface area contributed by atoms with Gasteiger partial charge < -0.3 is 9.84 Å². The van der Waals surface area contributed by atoms with Gasteiger partial charge in [-0.05, 0) is 61.4 Å². The number of nitrogens with zero attached hydrogens (tertiary/aromatic N) is 2. The van der Waals surface area contributed by atoms with Crippen LogP contribution in [0.4, 0.5) is 0 Å². The fourth-order valence-corrected chi connectivity index (χ4v) is 3.36. The van der Waals surface area contributed by atoms with Crippen molar-refractivity contribution in [2.24, 2.45) is 0 Å². The van der Waals surface area contributed by atoms with Crippen LogP contribution < -0.4 is 4.74 Å². The van der Waals surface area contributed by atoms with Gasteiger partial charge in [0.1, 0.15) is 18.1 Å². The number of phenols is 1. The summed E-state index contributed by atoms with van der Waals surface area (Å²) in [6.07, 6.45) is 7.85. The van der Waals surface area contributed by atoms with Gasteiger partial charge in [-0.2, -0.15) is 5.10 Å².